The second-order valence-electron chi connectivity index (χ2n) is 5.00. The molecule has 98 valence electrons. The molecule has 0 saturated carbocycles. The fourth-order valence-electron chi connectivity index (χ4n) is 2.66. The van der Waals surface area contributed by atoms with E-state index in [1.165, 1.54) is 5.56 Å². The first-order valence-electron chi connectivity index (χ1n) is 6.86. The standard InChI is InChI=1S/C17H18O2/c1-2-13-11-10-12-6-5-8-15(17(12)19-13)14-7-3-4-9-16(14)18/h3-9,13,18H,2,10-11H2,1H3. The van der Waals surface area contributed by atoms with E-state index < -0.39 is 0 Å². The highest BCUT2D eigenvalue weighted by molar-refractivity contribution is 5.77. The van der Waals surface area contributed by atoms with Crippen LogP contribution in [0.15, 0.2) is 42.5 Å². The van der Waals surface area contributed by atoms with Gasteiger partial charge < -0.3 is 9.84 Å². The highest BCUT2D eigenvalue weighted by atomic mass is 16.5. The Labute approximate surface area is 113 Å². The third-order valence-electron chi connectivity index (χ3n) is 3.77. The summed E-state index contributed by atoms with van der Waals surface area (Å²) in [4.78, 5) is 0. The maximum atomic E-state index is 10.0. The Morgan fingerprint density at radius 2 is 1.89 bits per heavy atom. The van der Waals surface area contributed by atoms with Gasteiger partial charge in [-0.15, -0.1) is 0 Å². The van der Waals surface area contributed by atoms with Crippen LogP contribution in [0, 0.1) is 0 Å². The number of aryl methyl sites for hydroxylation is 1. The van der Waals surface area contributed by atoms with E-state index in [1.807, 2.05) is 30.3 Å². The second kappa shape index (κ2) is 4.96. The fraction of sp³-hybridized carbons (Fsp3) is 0.294. The Balaban J connectivity index is 2.11. The number of rotatable bonds is 2. The molecule has 1 unspecified atom stereocenters. The summed E-state index contributed by atoms with van der Waals surface area (Å²) < 4.78 is 6.11. The van der Waals surface area contributed by atoms with Crippen molar-refractivity contribution in [1.82, 2.24) is 0 Å². The number of phenols is 1. The second-order valence-corrected chi connectivity index (χ2v) is 5.00. The molecular formula is C17H18O2. The predicted molar refractivity (Wildman–Crippen MR) is 76.6 cm³/mol. The van der Waals surface area contributed by atoms with Crippen LogP contribution >= 0.6 is 0 Å². The molecule has 19 heavy (non-hydrogen) atoms. The molecule has 3 rings (SSSR count). The normalized spacial score (nSPS) is 17.6. The van der Waals surface area contributed by atoms with Gasteiger partial charge in [-0.25, -0.2) is 0 Å². The molecule has 1 aliphatic rings. The van der Waals surface area contributed by atoms with Gasteiger partial charge in [-0.1, -0.05) is 43.3 Å². The topological polar surface area (TPSA) is 29.5 Å². The van der Waals surface area contributed by atoms with Crippen LogP contribution in [-0.4, -0.2) is 11.2 Å². The Bertz CT molecular complexity index is 590. The van der Waals surface area contributed by atoms with Crippen LogP contribution in [0.4, 0.5) is 0 Å². The SMILES string of the molecule is CCC1CCc2cccc(-c3ccccc3O)c2O1. The summed E-state index contributed by atoms with van der Waals surface area (Å²) in [5, 5.41) is 10.0. The maximum absolute atomic E-state index is 10.0. The monoisotopic (exact) mass is 254 g/mol. The van der Waals surface area contributed by atoms with Crippen molar-refractivity contribution >= 4 is 0 Å². The molecule has 1 N–H and O–H groups in total. The van der Waals surface area contributed by atoms with Gasteiger partial charge in [0.05, 0.1) is 6.10 Å². The summed E-state index contributed by atoms with van der Waals surface area (Å²) >= 11 is 0. The number of para-hydroxylation sites is 2. The largest absolute Gasteiger partial charge is 0.507 e. The molecule has 1 heterocycles. The molecule has 2 heteroatoms. The van der Waals surface area contributed by atoms with Gasteiger partial charge in [0.15, 0.2) is 0 Å². The van der Waals surface area contributed by atoms with Crippen LogP contribution in [0.2, 0.25) is 0 Å². The summed E-state index contributed by atoms with van der Waals surface area (Å²) in [6.45, 7) is 2.15. The zero-order chi connectivity index (χ0) is 13.2. The molecule has 1 atom stereocenters. The minimum Gasteiger partial charge on any atom is -0.507 e. The Kier molecular flexibility index (Phi) is 3.16. The fourth-order valence-corrected chi connectivity index (χ4v) is 2.66. The third kappa shape index (κ3) is 2.19. The Morgan fingerprint density at radius 1 is 1.11 bits per heavy atom. The van der Waals surface area contributed by atoms with Crippen molar-refractivity contribution in [3.8, 4) is 22.6 Å². The molecule has 0 aromatic heterocycles. The molecule has 2 aromatic carbocycles. The molecule has 0 amide bonds. The summed E-state index contributed by atoms with van der Waals surface area (Å²) in [6, 6.07) is 13.6. The lowest BCUT2D eigenvalue weighted by Crippen LogP contribution is -2.22. The molecule has 2 aromatic rings. The number of hydrogen-bond acceptors (Lipinski definition) is 2. The quantitative estimate of drug-likeness (QED) is 0.871. The molecule has 0 radical (unpaired) electrons. The lowest BCUT2D eigenvalue weighted by molar-refractivity contribution is 0.170. The van der Waals surface area contributed by atoms with E-state index >= 15 is 0 Å². The Morgan fingerprint density at radius 3 is 2.68 bits per heavy atom. The van der Waals surface area contributed by atoms with Crippen LogP contribution in [0.5, 0.6) is 11.5 Å². The van der Waals surface area contributed by atoms with Gasteiger partial charge in [0.2, 0.25) is 0 Å². The van der Waals surface area contributed by atoms with Crippen LogP contribution in [-0.2, 0) is 6.42 Å². The maximum Gasteiger partial charge on any atom is 0.130 e. The zero-order valence-corrected chi connectivity index (χ0v) is 11.1. The van der Waals surface area contributed by atoms with E-state index in [0.717, 1.165) is 36.1 Å². The molecule has 0 bridgehead atoms. The molecule has 1 aliphatic heterocycles. The summed E-state index contributed by atoms with van der Waals surface area (Å²) in [5.74, 6) is 1.25. The van der Waals surface area contributed by atoms with Crippen molar-refractivity contribution in [2.45, 2.75) is 32.3 Å². The number of phenolic OH excluding ortho intramolecular Hbond substituents is 1. The molecule has 2 nitrogen and oxygen atoms in total. The minimum atomic E-state index is 0.291. The first-order valence-corrected chi connectivity index (χ1v) is 6.86. The van der Waals surface area contributed by atoms with Gasteiger partial charge in [0.1, 0.15) is 11.5 Å². The van der Waals surface area contributed by atoms with Gasteiger partial charge in [-0.2, -0.15) is 0 Å². The molecular weight excluding hydrogens is 236 g/mol. The predicted octanol–water partition coefficient (Wildman–Crippen LogP) is 4.16. The number of fused-ring (bicyclic) bond motifs is 1. The zero-order valence-electron chi connectivity index (χ0n) is 11.1. The van der Waals surface area contributed by atoms with Crippen molar-refractivity contribution in [2.24, 2.45) is 0 Å². The first-order chi connectivity index (χ1) is 9.29. The number of benzene rings is 2. The van der Waals surface area contributed by atoms with Crippen molar-refractivity contribution in [2.75, 3.05) is 0 Å². The molecule has 0 fully saturated rings. The summed E-state index contributed by atoms with van der Waals surface area (Å²) in [7, 11) is 0. The number of aromatic hydroxyl groups is 1. The first kappa shape index (κ1) is 12.1. The van der Waals surface area contributed by atoms with E-state index in [-0.39, 0.29) is 0 Å². The van der Waals surface area contributed by atoms with Crippen molar-refractivity contribution in [1.29, 1.82) is 0 Å². The smallest absolute Gasteiger partial charge is 0.130 e. The average molecular weight is 254 g/mol. The van der Waals surface area contributed by atoms with E-state index in [1.54, 1.807) is 6.07 Å². The van der Waals surface area contributed by atoms with Crippen LogP contribution in [0.3, 0.4) is 0 Å². The Hall–Kier alpha value is -1.96. The number of ether oxygens (including phenoxy) is 1. The van der Waals surface area contributed by atoms with Crippen LogP contribution in [0.1, 0.15) is 25.3 Å². The molecule has 0 saturated heterocycles. The molecule has 0 aliphatic carbocycles. The van der Waals surface area contributed by atoms with Crippen molar-refractivity contribution in [3.05, 3.63) is 48.0 Å². The van der Waals surface area contributed by atoms with E-state index in [4.69, 9.17) is 4.74 Å². The van der Waals surface area contributed by atoms with Crippen LogP contribution in [0.25, 0.3) is 11.1 Å². The molecule has 0 spiro atoms. The van der Waals surface area contributed by atoms with Crippen LogP contribution < -0.4 is 4.74 Å². The summed E-state index contributed by atoms with van der Waals surface area (Å²) in [5.41, 5.74) is 3.08. The van der Waals surface area contributed by atoms with Crippen molar-refractivity contribution in [3.63, 3.8) is 0 Å². The van der Waals surface area contributed by atoms with Crippen molar-refractivity contribution < 1.29 is 9.84 Å². The van der Waals surface area contributed by atoms with E-state index in [2.05, 4.69) is 13.0 Å². The highest BCUT2D eigenvalue weighted by Crippen LogP contribution is 2.41. The lowest BCUT2D eigenvalue weighted by Gasteiger charge is -2.27. The van der Waals surface area contributed by atoms with Gasteiger partial charge in [-0.3, -0.25) is 0 Å². The minimum absolute atomic E-state index is 0.291. The van der Waals surface area contributed by atoms with Gasteiger partial charge in [0.25, 0.3) is 0 Å². The lowest BCUT2D eigenvalue weighted by atomic mass is 9.95. The van der Waals surface area contributed by atoms with E-state index in [9.17, 15) is 5.11 Å². The van der Waals surface area contributed by atoms with E-state index in [0.29, 0.717) is 11.9 Å². The number of hydrogen-bond donors (Lipinski definition) is 1. The average Bonchev–Trinajstić information content (AvgIpc) is 2.47. The van der Waals surface area contributed by atoms with Gasteiger partial charge in [0, 0.05) is 11.1 Å². The van der Waals surface area contributed by atoms with Gasteiger partial charge in [-0.05, 0) is 30.9 Å². The highest BCUT2D eigenvalue weighted by Gasteiger charge is 2.22. The van der Waals surface area contributed by atoms with Gasteiger partial charge >= 0.3 is 0 Å². The summed E-state index contributed by atoms with van der Waals surface area (Å²) in [6.07, 6.45) is 3.44. The third-order valence-corrected chi connectivity index (χ3v) is 3.77.